The molecule has 0 saturated heterocycles. The van der Waals surface area contributed by atoms with Crippen LogP contribution in [0.15, 0.2) is 35.0 Å². The summed E-state index contributed by atoms with van der Waals surface area (Å²) in [6, 6.07) is 4.37. The summed E-state index contributed by atoms with van der Waals surface area (Å²) in [6.07, 6.45) is 2.49. The van der Waals surface area contributed by atoms with E-state index in [4.69, 9.17) is 23.6 Å². The largest absolute Gasteiger partial charge is 0.486 e. The highest BCUT2D eigenvalue weighted by molar-refractivity contribution is 5.96. The van der Waals surface area contributed by atoms with Gasteiger partial charge in [-0.15, -0.1) is 0 Å². The first-order valence-electron chi connectivity index (χ1n) is 12.6. The number of carbonyl (C=O) groups is 2. The van der Waals surface area contributed by atoms with E-state index >= 15 is 0 Å². The fraction of sp³-hybridized carbons (Fsp3) is 0.407. The molecule has 0 fully saturated rings. The van der Waals surface area contributed by atoms with Gasteiger partial charge < -0.3 is 28.8 Å². The molecule has 206 valence electrons. The molecule has 12 heteroatoms. The summed E-state index contributed by atoms with van der Waals surface area (Å²) >= 11 is 0. The number of esters is 1. The van der Waals surface area contributed by atoms with Crippen LogP contribution < -0.4 is 15.0 Å². The van der Waals surface area contributed by atoms with Crippen molar-refractivity contribution in [2.24, 2.45) is 0 Å². The highest BCUT2D eigenvalue weighted by atomic mass is 19.1. The number of hydrogen-bond donors (Lipinski definition) is 1. The maximum Gasteiger partial charge on any atom is 0.408 e. The van der Waals surface area contributed by atoms with Gasteiger partial charge in [-0.1, -0.05) is 0 Å². The van der Waals surface area contributed by atoms with Gasteiger partial charge in [0.25, 0.3) is 0 Å². The number of ether oxygens (including phenoxy) is 3. The van der Waals surface area contributed by atoms with Crippen molar-refractivity contribution in [1.82, 2.24) is 19.9 Å². The number of anilines is 1. The van der Waals surface area contributed by atoms with Crippen molar-refractivity contribution in [1.29, 1.82) is 0 Å². The van der Waals surface area contributed by atoms with Gasteiger partial charge in [0.05, 0.1) is 31.6 Å². The normalized spacial score (nSPS) is 15.2. The first-order chi connectivity index (χ1) is 18.5. The van der Waals surface area contributed by atoms with Crippen LogP contribution in [0.3, 0.4) is 0 Å². The molecule has 0 bridgehead atoms. The van der Waals surface area contributed by atoms with Crippen LogP contribution in [0.5, 0.6) is 5.75 Å². The Bertz CT molecular complexity index is 1560. The number of nitrogens with one attached hydrogen (secondary N) is 1. The molecule has 11 nitrogen and oxygen atoms in total. The number of fused-ring (bicyclic) bond motifs is 3. The van der Waals surface area contributed by atoms with Crippen LogP contribution in [0.25, 0.3) is 16.6 Å². The zero-order chi connectivity index (χ0) is 27.9. The first-order valence-corrected chi connectivity index (χ1v) is 12.6. The monoisotopic (exact) mass is 539 g/mol. The van der Waals surface area contributed by atoms with Crippen molar-refractivity contribution in [2.45, 2.75) is 59.4 Å². The van der Waals surface area contributed by atoms with Crippen molar-refractivity contribution in [3.63, 3.8) is 0 Å². The lowest BCUT2D eigenvalue weighted by atomic mass is 10.1. The van der Waals surface area contributed by atoms with E-state index in [0.717, 1.165) is 0 Å². The van der Waals surface area contributed by atoms with E-state index in [1.807, 2.05) is 11.8 Å². The Kier molecular flexibility index (Phi) is 6.79. The van der Waals surface area contributed by atoms with E-state index in [1.165, 1.54) is 22.8 Å². The van der Waals surface area contributed by atoms with E-state index in [2.05, 4.69) is 10.4 Å². The van der Waals surface area contributed by atoms with Crippen LogP contribution in [0.4, 0.5) is 15.0 Å². The predicted molar refractivity (Wildman–Crippen MR) is 139 cm³/mol. The second kappa shape index (κ2) is 10.1. The number of amides is 1. The Morgan fingerprint density at radius 2 is 2.05 bits per heavy atom. The summed E-state index contributed by atoms with van der Waals surface area (Å²) in [6.45, 7) is 9.95. The molecular formula is C27H30FN5O6. The Morgan fingerprint density at radius 1 is 1.26 bits per heavy atom. The molecule has 3 aromatic heterocycles. The maximum absolute atomic E-state index is 14.7. The van der Waals surface area contributed by atoms with Crippen LogP contribution in [-0.2, 0) is 22.6 Å². The zero-order valence-corrected chi connectivity index (χ0v) is 22.4. The number of aromatic nitrogens is 3. The fourth-order valence-electron chi connectivity index (χ4n) is 4.39. The quantitative estimate of drug-likeness (QED) is 0.350. The van der Waals surface area contributed by atoms with Crippen LogP contribution in [-0.4, -0.2) is 51.5 Å². The molecule has 0 unspecified atom stereocenters. The van der Waals surface area contributed by atoms with Gasteiger partial charge in [0.15, 0.2) is 17.2 Å². The number of furan rings is 1. The molecule has 4 aromatic rings. The van der Waals surface area contributed by atoms with Crippen molar-refractivity contribution in [2.75, 3.05) is 18.1 Å². The molecule has 1 aliphatic heterocycles. The van der Waals surface area contributed by atoms with E-state index < -0.39 is 23.5 Å². The van der Waals surface area contributed by atoms with Crippen LogP contribution in [0.2, 0.25) is 0 Å². The first kappa shape index (κ1) is 26.3. The molecule has 0 saturated carbocycles. The number of alkyl carbamates (subject to hydrolysis) is 1. The van der Waals surface area contributed by atoms with Crippen molar-refractivity contribution < 1.29 is 32.6 Å². The molecule has 39 heavy (non-hydrogen) atoms. The van der Waals surface area contributed by atoms with Crippen LogP contribution in [0.1, 0.15) is 56.3 Å². The van der Waals surface area contributed by atoms with Gasteiger partial charge in [0.1, 0.15) is 34.9 Å². The Morgan fingerprint density at radius 3 is 2.79 bits per heavy atom. The fourth-order valence-corrected chi connectivity index (χ4v) is 4.39. The third-order valence-electron chi connectivity index (χ3n) is 6.08. The summed E-state index contributed by atoms with van der Waals surface area (Å²) in [5, 5.41) is 7.44. The molecule has 1 atom stereocenters. The van der Waals surface area contributed by atoms with E-state index in [9.17, 15) is 14.0 Å². The molecule has 1 aromatic carbocycles. The number of halogens is 1. The van der Waals surface area contributed by atoms with Crippen molar-refractivity contribution in [3.05, 3.63) is 53.3 Å². The highest BCUT2D eigenvalue weighted by Crippen LogP contribution is 2.35. The Balaban J connectivity index is 1.46. The van der Waals surface area contributed by atoms with Gasteiger partial charge in [-0.05, 0) is 52.8 Å². The summed E-state index contributed by atoms with van der Waals surface area (Å²) in [5.41, 5.74) is 1.02. The molecule has 4 heterocycles. The SMILES string of the molecule is CCOC(=O)c1cnn2cc3c(nc12)N(Cc1cc(F)cc2cc(CNC(=O)OC(C)(C)C)oc12)[C@H](C)CO3. The summed E-state index contributed by atoms with van der Waals surface area (Å²) in [4.78, 5) is 31.2. The van der Waals surface area contributed by atoms with Gasteiger partial charge in [0, 0.05) is 17.5 Å². The molecule has 0 radical (unpaired) electrons. The average molecular weight is 540 g/mol. The number of benzene rings is 1. The standard InChI is InChI=1S/C27H30FN5O6/c1-6-36-25(34)20-11-30-33-13-21-24(31-23(20)33)32(15(2)14-37-21)12-17-8-18(28)7-16-9-19(38-22(16)17)10-29-26(35)39-27(3,4)5/h7-9,11,13,15H,6,10,12,14H2,1-5H3,(H,29,35)/t15-/m1/s1. The van der Waals surface area contributed by atoms with Gasteiger partial charge in [-0.2, -0.15) is 5.10 Å². The van der Waals surface area contributed by atoms with Gasteiger partial charge >= 0.3 is 12.1 Å². The smallest absolute Gasteiger partial charge is 0.408 e. The second-order valence-corrected chi connectivity index (χ2v) is 10.3. The number of nitrogens with zero attached hydrogens (tertiary/aromatic N) is 4. The zero-order valence-electron chi connectivity index (χ0n) is 22.4. The average Bonchev–Trinajstić information content (AvgIpc) is 3.46. The van der Waals surface area contributed by atoms with Crippen LogP contribution in [0, 0.1) is 5.82 Å². The minimum Gasteiger partial charge on any atom is -0.486 e. The lowest BCUT2D eigenvalue weighted by Gasteiger charge is -2.35. The predicted octanol–water partition coefficient (Wildman–Crippen LogP) is 4.60. The molecule has 1 N–H and O–H groups in total. The third kappa shape index (κ3) is 5.45. The lowest BCUT2D eigenvalue weighted by Crippen LogP contribution is -2.41. The third-order valence-corrected chi connectivity index (χ3v) is 6.08. The maximum atomic E-state index is 14.7. The lowest BCUT2D eigenvalue weighted by molar-refractivity contribution is 0.0513. The summed E-state index contributed by atoms with van der Waals surface area (Å²) in [5.74, 6) is 0.481. The van der Waals surface area contributed by atoms with E-state index in [-0.39, 0.29) is 31.3 Å². The number of hydrogen-bond acceptors (Lipinski definition) is 9. The van der Waals surface area contributed by atoms with E-state index in [1.54, 1.807) is 40.0 Å². The van der Waals surface area contributed by atoms with Gasteiger partial charge in [0.2, 0.25) is 0 Å². The van der Waals surface area contributed by atoms with E-state index in [0.29, 0.717) is 46.1 Å². The molecule has 1 amide bonds. The topological polar surface area (TPSA) is 120 Å². The molecule has 1 aliphatic rings. The number of rotatable bonds is 6. The summed E-state index contributed by atoms with van der Waals surface area (Å²) < 4.78 is 38.5. The molecule has 0 spiro atoms. The summed E-state index contributed by atoms with van der Waals surface area (Å²) in [7, 11) is 0. The second-order valence-electron chi connectivity index (χ2n) is 10.3. The van der Waals surface area contributed by atoms with Crippen molar-refractivity contribution >= 4 is 34.5 Å². The molecular weight excluding hydrogens is 509 g/mol. The number of carbonyl (C=O) groups excluding carboxylic acids is 2. The molecule has 0 aliphatic carbocycles. The Hall–Kier alpha value is -4.35. The minimum atomic E-state index is -0.632. The highest BCUT2D eigenvalue weighted by Gasteiger charge is 2.29. The molecule has 5 rings (SSSR count). The minimum absolute atomic E-state index is 0.0822. The van der Waals surface area contributed by atoms with Crippen molar-refractivity contribution in [3.8, 4) is 5.75 Å². The van der Waals surface area contributed by atoms with Crippen LogP contribution >= 0.6 is 0 Å². The Labute approximate surface area is 223 Å². The van der Waals surface area contributed by atoms with Gasteiger partial charge in [-0.25, -0.2) is 23.5 Å². The van der Waals surface area contributed by atoms with Gasteiger partial charge in [-0.3, -0.25) is 0 Å².